The van der Waals surface area contributed by atoms with Gasteiger partial charge in [0.2, 0.25) is 0 Å². The van der Waals surface area contributed by atoms with Gasteiger partial charge in [-0.05, 0) is 55.9 Å². The minimum absolute atomic E-state index is 0.542. The lowest BCUT2D eigenvalue weighted by molar-refractivity contribution is 0.374. The highest BCUT2D eigenvalue weighted by molar-refractivity contribution is 6.33. The van der Waals surface area contributed by atoms with Crippen LogP contribution in [0.2, 0.25) is 5.02 Å². The zero-order valence-electron chi connectivity index (χ0n) is 12.0. The standard InChI is InChI=1S/C18H20ClN/c1-12-4-3-5-14(8-12)15-10-16(11-15)20-18-7-6-13(2)9-17(18)19/h3-9,15-16,20H,10-11H2,1-2H3. The molecule has 2 aromatic rings. The van der Waals surface area contributed by atoms with E-state index in [1.54, 1.807) is 0 Å². The van der Waals surface area contributed by atoms with Gasteiger partial charge in [-0.15, -0.1) is 0 Å². The maximum atomic E-state index is 6.27. The molecule has 0 spiro atoms. The number of anilines is 1. The average molecular weight is 286 g/mol. The molecule has 0 radical (unpaired) electrons. The fourth-order valence-corrected chi connectivity index (χ4v) is 3.18. The van der Waals surface area contributed by atoms with E-state index in [2.05, 4.69) is 55.6 Å². The van der Waals surface area contributed by atoms with Crippen molar-refractivity contribution in [1.82, 2.24) is 0 Å². The molecule has 0 aromatic heterocycles. The smallest absolute Gasteiger partial charge is 0.0640 e. The highest BCUT2D eigenvalue weighted by Gasteiger charge is 2.30. The summed E-state index contributed by atoms with van der Waals surface area (Å²) in [4.78, 5) is 0. The SMILES string of the molecule is Cc1cccc(C2CC(Nc3ccc(C)cc3Cl)C2)c1. The number of rotatable bonds is 3. The maximum absolute atomic E-state index is 6.27. The summed E-state index contributed by atoms with van der Waals surface area (Å²) in [6.07, 6.45) is 2.38. The van der Waals surface area contributed by atoms with E-state index in [-0.39, 0.29) is 0 Å². The molecule has 1 N–H and O–H groups in total. The lowest BCUT2D eigenvalue weighted by atomic mass is 9.75. The van der Waals surface area contributed by atoms with Crippen LogP contribution < -0.4 is 5.32 Å². The van der Waals surface area contributed by atoms with Crippen LogP contribution >= 0.6 is 11.6 Å². The largest absolute Gasteiger partial charge is 0.381 e. The lowest BCUT2D eigenvalue weighted by Gasteiger charge is -2.37. The Morgan fingerprint density at radius 2 is 1.75 bits per heavy atom. The summed E-state index contributed by atoms with van der Waals surface area (Å²) in [5, 5.41) is 4.38. The zero-order chi connectivity index (χ0) is 14.1. The minimum Gasteiger partial charge on any atom is -0.381 e. The van der Waals surface area contributed by atoms with E-state index in [4.69, 9.17) is 11.6 Å². The topological polar surface area (TPSA) is 12.0 Å². The van der Waals surface area contributed by atoms with E-state index < -0.39 is 0 Å². The summed E-state index contributed by atoms with van der Waals surface area (Å²) in [5.41, 5.74) is 5.08. The van der Waals surface area contributed by atoms with Crippen LogP contribution in [0.4, 0.5) is 5.69 Å². The van der Waals surface area contributed by atoms with Crippen molar-refractivity contribution in [1.29, 1.82) is 0 Å². The summed E-state index contributed by atoms with van der Waals surface area (Å²) >= 11 is 6.27. The van der Waals surface area contributed by atoms with Crippen LogP contribution in [-0.4, -0.2) is 6.04 Å². The van der Waals surface area contributed by atoms with Crippen molar-refractivity contribution >= 4 is 17.3 Å². The van der Waals surface area contributed by atoms with Gasteiger partial charge in [-0.1, -0.05) is 47.5 Å². The molecule has 0 bridgehead atoms. The normalized spacial score (nSPS) is 21.4. The fourth-order valence-electron chi connectivity index (χ4n) is 2.89. The molecule has 1 aliphatic carbocycles. The monoisotopic (exact) mass is 285 g/mol. The molecule has 0 unspecified atom stereocenters. The minimum atomic E-state index is 0.542. The molecule has 0 saturated heterocycles. The van der Waals surface area contributed by atoms with Crippen LogP contribution in [-0.2, 0) is 0 Å². The number of hydrogen-bond acceptors (Lipinski definition) is 1. The van der Waals surface area contributed by atoms with Crippen LogP contribution in [0.25, 0.3) is 0 Å². The molecule has 2 aromatic carbocycles. The molecule has 0 atom stereocenters. The van der Waals surface area contributed by atoms with E-state index in [1.807, 2.05) is 6.07 Å². The molecule has 1 fully saturated rings. The van der Waals surface area contributed by atoms with Gasteiger partial charge >= 0.3 is 0 Å². The van der Waals surface area contributed by atoms with Gasteiger partial charge in [0, 0.05) is 6.04 Å². The highest BCUT2D eigenvalue weighted by atomic mass is 35.5. The Morgan fingerprint density at radius 1 is 1.00 bits per heavy atom. The third kappa shape index (κ3) is 2.83. The van der Waals surface area contributed by atoms with E-state index in [0.29, 0.717) is 12.0 Å². The van der Waals surface area contributed by atoms with E-state index in [1.165, 1.54) is 29.5 Å². The van der Waals surface area contributed by atoms with Crippen molar-refractivity contribution in [3.8, 4) is 0 Å². The van der Waals surface area contributed by atoms with Gasteiger partial charge in [0.25, 0.3) is 0 Å². The Labute approximate surface area is 126 Å². The molecule has 1 nitrogen and oxygen atoms in total. The second kappa shape index (κ2) is 5.49. The number of aryl methyl sites for hydroxylation is 2. The Hall–Kier alpha value is -1.47. The zero-order valence-corrected chi connectivity index (χ0v) is 12.7. The summed E-state index contributed by atoms with van der Waals surface area (Å²) in [7, 11) is 0. The van der Waals surface area contributed by atoms with Gasteiger partial charge in [0.1, 0.15) is 0 Å². The predicted molar refractivity (Wildman–Crippen MR) is 86.8 cm³/mol. The van der Waals surface area contributed by atoms with Gasteiger partial charge in [0.15, 0.2) is 0 Å². The Kier molecular flexibility index (Phi) is 3.71. The molecule has 1 saturated carbocycles. The van der Waals surface area contributed by atoms with Crippen molar-refractivity contribution in [3.05, 3.63) is 64.2 Å². The van der Waals surface area contributed by atoms with E-state index >= 15 is 0 Å². The van der Waals surface area contributed by atoms with Gasteiger partial charge in [-0.25, -0.2) is 0 Å². The van der Waals surface area contributed by atoms with Crippen molar-refractivity contribution in [2.75, 3.05) is 5.32 Å². The molecule has 2 heteroatoms. The van der Waals surface area contributed by atoms with Crippen LogP contribution in [0.3, 0.4) is 0 Å². The van der Waals surface area contributed by atoms with Crippen LogP contribution in [0, 0.1) is 13.8 Å². The number of hydrogen-bond donors (Lipinski definition) is 1. The Balaban J connectivity index is 1.61. The highest BCUT2D eigenvalue weighted by Crippen LogP contribution is 2.39. The third-order valence-corrected chi connectivity index (χ3v) is 4.45. The first-order chi connectivity index (χ1) is 9.61. The van der Waals surface area contributed by atoms with Crippen LogP contribution in [0.1, 0.15) is 35.4 Å². The van der Waals surface area contributed by atoms with Gasteiger partial charge in [0.05, 0.1) is 10.7 Å². The van der Waals surface area contributed by atoms with Crippen molar-refractivity contribution < 1.29 is 0 Å². The first-order valence-corrected chi connectivity index (χ1v) is 7.59. The van der Waals surface area contributed by atoms with E-state index in [0.717, 1.165) is 10.7 Å². The van der Waals surface area contributed by atoms with Crippen molar-refractivity contribution in [3.63, 3.8) is 0 Å². The fraction of sp³-hybridized carbons (Fsp3) is 0.333. The molecular formula is C18H20ClN. The quantitative estimate of drug-likeness (QED) is 0.805. The van der Waals surface area contributed by atoms with Crippen LogP contribution in [0.15, 0.2) is 42.5 Å². The predicted octanol–water partition coefficient (Wildman–Crippen LogP) is 5.31. The van der Waals surface area contributed by atoms with E-state index in [9.17, 15) is 0 Å². The first kappa shape index (κ1) is 13.5. The Morgan fingerprint density at radius 3 is 2.45 bits per heavy atom. The number of benzene rings is 2. The molecule has 20 heavy (non-hydrogen) atoms. The molecule has 0 aliphatic heterocycles. The molecule has 104 valence electrons. The van der Waals surface area contributed by atoms with Gasteiger partial charge < -0.3 is 5.32 Å². The summed E-state index contributed by atoms with van der Waals surface area (Å²) in [6, 6.07) is 15.6. The average Bonchev–Trinajstić information content (AvgIpc) is 2.35. The molecule has 0 amide bonds. The second-order valence-electron chi connectivity index (χ2n) is 5.91. The third-order valence-electron chi connectivity index (χ3n) is 4.14. The van der Waals surface area contributed by atoms with Crippen LogP contribution in [0.5, 0.6) is 0 Å². The van der Waals surface area contributed by atoms with Gasteiger partial charge in [-0.3, -0.25) is 0 Å². The van der Waals surface area contributed by atoms with Crippen molar-refractivity contribution in [2.24, 2.45) is 0 Å². The second-order valence-corrected chi connectivity index (χ2v) is 6.31. The first-order valence-electron chi connectivity index (χ1n) is 7.21. The Bertz CT molecular complexity index is 615. The van der Waals surface area contributed by atoms with Gasteiger partial charge in [-0.2, -0.15) is 0 Å². The number of nitrogens with one attached hydrogen (secondary N) is 1. The van der Waals surface area contributed by atoms with Crippen molar-refractivity contribution in [2.45, 2.75) is 38.6 Å². The lowest BCUT2D eigenvalue weighted by Crippen LogP contribution is -2.34. The molecule has 3 rings (SSSR count). The summed E-state index contributed by atoms with van der Waals surface area (Å²) in [5.74, 6) is 0.691. The summed E-state index contributed by atoms with van der Waals surface area (Å²) < 4.78 is 0. The molecule has 0 heterocycles. The number of halogens is 1. The summed E-state index contributed by atoms with van der Waals surface area (Å²) in [6.45, 7) is 4.22. The maximum Gasteiger partial charge on any atom is 0.0640 e. The molecule has 1 aliphatic rings. The molecular weight excluding hydrogens is 266 g/mol.